The molecule has 0 aliphatic heterocycles. The van der Waals surface area contributed by atoms with Gasteiger partial charge in [-0.2, -0.15) is 0 Å². The predicted molar refractivity (Wildman–Crippen MR) is 81.3 cm³/mol. The molecule has 1 unspecified atom stereocenters. The summed E-state index contributed by atoms with van der Waals surface area (Å²) >= 11 is 0. The molecule has 5 heteroatoms. The van der Waals surface area contributed by atoms with E-state index in [1.54, 1.807) is 6.07 Å². The Morgan fingerprint density at radius 3 is 2.00 bits per heavy atom. The molecule has 4 nitrogen and oxygen atoms in total. The smallest absolute Gasteiger partial charge is 0.404 e. The van der Waals surface area contributed by atoms with E-state index in [-0.39, 0.29) is 10.8 Å². The molecule has 0 fully saturated rings. The van der Waals surface area contributed by atoms with Crippen molar-refractivity contribution in [1.29, 1.82) is 0 Å². The largest absolute Gasteiger partial charge is 0.527 e. The summed E-state index contributed by atoms with van der Waals surface area (Å²) in [6.07, 6.45) is 0. The van der Waals surface area contributed by atoms with Crippen molar-refractivity contribution in [2.24, 2.45) is 0 Å². The van der Waals surface area contributed by atoms with Gasteiger partial charge in [0.25, 0.3) is 0 Å². The van der Waals surface area contributed by atoms with Crippen LogP contribution in [0.15, 0.2) is 18.2 Å². The molecule has 114 valence electrons. The minimum Gasteiger partial charge on any atom is -0.404 e. The van der Waals surface area contributed by atoms with Gasteiger partial charge in [0.1, 0.15) is 5.75 Å². The van der Waals surface area contributed by atoms with Crippen LogP contribution in [0.5, 0.6) is 5.75 Å². The number of phosphoric ester groups is 1. The maximum Gasteiger partial charge on any atom is 0.527 e. The van der Waals surface area contributed by atoms with Crippen LogP contribution in [0.1, 0.15) is 52.7 Å². The average molecular weight is 300 g/mol. The van der Waals surface area contributed by atoms with Crippen LogP contribution in [0.2, 0.25) is 0 Å². The molecule has 0 aliphatic rings. The average Bonchev–Trinajstić information content (AvgIpc) is 2.26. The number of rotatable bonds is 3. The highest BCUT2D eigenvalue weighted by atomic mass is 31.2. The molecule has 0 heterocycles. The van der Waals surface area contributed by atoms with Gasteiger partial charge in [0.05, 0.1) is 0 Å². The van der Waals surface area contributed by atoms with E-state index in [0.29, 0.717) is 5.75 Å². The molecule has 0 bridgehead atoms. The fourth-order valence-electron chi connectivity index (χ4n) is 1.82. The molecule has 1 N–H and O–H groups in total. The summed E-state index contributed by atoms with van der Waals surface area (Å²) in [5.41, 5.74) is 1.84. The second kappa shape index (κ2) is 5.51. The Balaban J connectivity index is 3.36. The summed E-state index contributed by atoms with van der Waals surface area (Å²) in [6.45, 7) is 12.5. The lowest BCUT2D eigenvalue weighted by Crippen LogP contribution is -2.17. The lowest BCUT2D eigenvalue weighted by atomic mass is 9.80. The maximum atomic E-state index is 11.6. The first-order chi connectivity index (χ1) is 8.87. The standard InChI is InChI=1S/C15H25O4P/c1-14(2,3)11-8-9-13(19-20(16,17)18-7)12(10-11)15(4,5)6/h8-10H,1-7H3,(H,16,17). The molecule has 0 saturated carbocycles. The summed E-state index contributed by atoms with van der Waals surface area (Å²) in [7, 11) is -2.89. The molecule has 1 rings (SSSR count). The van der Waals surface area contributed by atoms with Crippen LogP contribution in [0.3, 0.4) is 0 Å². The van der Waals surface area contributed by atoms with E-state index in [9.17, 15) is 9.46 Å². The van der Waals surface area contributed by atoms with Crippen LogP contribution in [-0.2, 0) is 19.9 Å². The molecule has 0 amide bonds. The Kier molecular flexibility index (Phi) is 4.75. The third-order valence-corrected chi connectivity index (χ3v) is 3.99. The van der Waals surface area contributed by atoms with Crippen LogP contribution in [0.25, 0.3) is 0 Å². The number of hydrogen-bond donors (Lipinski definition) is 1. The van der Waals surface area contributed by atoms with Crippen LogP contribution < -0.4 is 4.52 Å². The van der Waals surface area contributed by atoms with Gasteiger partial charge in [0.15, 0.2) is 0 Å². The fourth-order valence-corrected chi connectivity index (χ4v) is 2.31. The monoisotopic (exact) mass is 300 g/mol. The van der Waals surface area contributed by atoms with Gasteiger partial charge >= 0.3 is 7.82 Å². The maximum absolute atomic E-state index is 11.6. The Bertz CT molecular complexity index is 524. The quantitative estimate of drug-likeness (QED) is 0.840. The second-order valence-corrected chi connectivity index (χ2v) is 8.44. The molecule has 1 aromatic rings. The zero-order valence-electron chi connectivity index (χ0n) is 13.4. The molecular formula is C15H25O4P. The van der Waals surface area contributed by atoms with Crippen molar-refractivity contribution in [2.45, 2.75) is 52.4 Å². The highest BCUT2D eigenvalue weighted by Gasteiger charge is 2.28. The third kappa shape index (κ3) is 4.34. The van der Waals surface area contributed by atoms with Crippen molar-refractivity contribution in [3.63, 3.8) is 0 Å². The van der Waals surface area contributed by atoms with Crippen molar-refractivity contribution >= 4 is 7.82 Å². The highest BCUT2D eigenvalue weighted by molar-refractivity contribution is 7.47. The van der Waals surface area contributed by atoms with Gasteiger partial charge in [0.2, 0.25) is 0 Å². The number of phosphoric acid groups is 1. The summed E-state index contributed by atoms with van der Waals surface area (Å²) in [5.74, 6) is 0.387. The first-order valence-corrected chi connectivity index (χ1v) is 8.09. The van der Waals surface area contributed by atoms with Crippen molar-refractivity contribution in [2.75, 3.05) is 7.11 Å². The van der Waals surface area contributed by atoms with Gasteiger partial charge in [-0.1, -0.05) is 53.7 Å². The normalized spacial score (nSPS) is 15.8. The van der Waals surface area contributed by atoms with Gasteiger partial charge in [-0.05, 0) is 22.5 Å². The minimum atomic E-state index is -4.05. The minimum absolute atomic E-state index is 0.00268. The fraction of sp³-hybridized carbons (Fsp3) is 0.600. The van der Waals surface area contributed by atoms with Crippen molar-refractivity contribution in [3.8, 4) is 5.75 Å². The SMILES string of the molecule is COP(=O)(O)Oc1ccc(C(C)(C)C)cc1C(C)(C)C. The van der Waals surface area contributed by atoms with Gasteiger partial charge in [-0.3, -0.25) is 9.42 Å². The summed E-state index contributed by atoms with van der Waals surface area (Å²) in [6, 6.07) is 5.69. The highest BCUT2D eigenvalue weighted by Crippen LogP contribution is 2.46. The number of hydrogen-bond acceptors (Lipinski definition) is 3. The van der Waals surface area contributed by atoms with E-state index in [4.69, 9.17) is 4.52 Å². The Hall–Kier alpha value is -0.830. The lowest BCUT2D eigenvalue weighted by Gasteiger charge is -2.27. The lowest BCUT2D eigenvalue weighted by molar-refractivity contribution is 0.241. The molecule has 0 spiro atoms. The first kappa shape index (κ1) is 17.2. The summed E-state index contributed by atoms with van der Waals surface area (Å²) in [4.78, 5) is 9.51. The van der Waals surface area contributed by atoms with E-state index in [0.717, 1.165) is 18.2 Å². The van der Waals surface area contributed by atoms with E-state index in [1.807, 2.05) is 32.9 Å². The molecule has 0 saturated heterocycles. The summed E-state index contributed by atoms with van der Waals surface area (Å²) < 4.78 is 21.3. The van der Waals surface area contributed by atoms with Crippen molar-refractivity contribution in [3.05, 3.63) is 29.3 Å². The Morgan fingerprint density at radius 1 is 1.05 bits per heavy atom. The van der Waals surface area contributed by atoms with E-state index >= 15 is 0 Å². The van der Waals surface area contributed by atoms with Crippen LogP contribution >= 0.6 is 7.82 Å². The molecule has 1 aromatic carbocycles. The Labute approximate surface area is 121 Å². The third-order valence-electron chi connectivity index (χ3n) is 3.10. The van der Waals surface area contributed by atoms with E-state index in [1.165, 1.54) is 0 Å². The van der Waals surface area contributed by atoms with Gasteiger partial charge in [-0.25, -0.2) is 4.57 Å². The van der Waals surface area contributed by atoms with Crippen molar-refractivity contribution < 1.29 is 18.5 Å². The van der Waals surface area contributed by atoms with Gasteiger partial charge in [-0.15, -0.1) is 0 Å². The Morgan fingerprint density at radius 2 is 1.60 bits per heavy atom. The molecule has 0 aliphatic carbocycles. The van der Waals surface area contributed by atoms with Gasteiger partial charge in [0, 0.05) is 12.7 Å². The summed E-state index contributed by atoms with van der Waals surface area (Å²) in [5, 5.41) is 0. The molecule has 0 aromatic heterocycles. The van der Waals surface area contributed by atoms with E-state index < -0.39 is 7.82 Å². The second-order valence-electron chi connectivity index (χ2n) is 6.95. The number of benzene rings is 1. The van der Waals surface area contributed by atoms with Gasteiger partial charge < -0.3 is 4.52 Å². The van der Waals surface area contributed by atoms with Crippen molar-refractivity contribution in [1.82, 2.24) is 0 Å². The zero-order chi connectivity index (χ0) is 15.8. The zero-order valence-corrected chi connectivity index (χ0v) is 14.2. The van der Waals surface area contributed by atoms with Crippen LogP contribution in [-0.4, -0.2) is 12.0 Å². The van der Waals surface area contributed by atoms with Crippen LogP contribution in [0.4, 0.5) is 0 Å². The first-order valence-electron chi connectivity index (χ1n) is 6.60. The van der Waals surface area contributed by atoms with E-state index in [2.05, 4.69) is 25.3 Å². The predicted octanol–water partition coefficient (Wildman–Crippen LogP) is 4.41. The topological polar surface area (TPSA) is 55.8 Å². The molecule has 1 atom stereocenters. The van der Waals surface area contributed by atoms with Crippen LogP contribution in [0, 0.1) is 0 Å². The molecule has 0 radical (unpaired) electrons. The molecule has 20 heavy (non-hydrogen) atoms. The molecular weight excluding hydrogens is 275 g/mol.